The molecule has 2 nitrogen and oxygen atoms in total. The van der Waals surface area contributed by atoms with Crippen molar-refractivity contribution in [3.8, 4) is 0 Å². The number of thiophene rings is 2. The fourth-order valence-electron chi connectivity index (χ4n) is 7.18. The Hall–Kier alpha value is -3.18. The number of benzene rings is 5. The molecule has 4 heteroatoms. The monoisotopic (exact) mass is 644 g/mol. The molecular formula is C42H48N2S2. The van der Waals surface area contributed by atoms with Crippen LogP contribution in [0.1, 0.15) is 103 Å². The molecule has 0 aliphatic heterocycles. The van der Waals surface area contributed by atoms with E-state index in [-0.39, 0.29) is 6.04 Å². The van der Waals surface area contributed by atoms with Gasteiger partial charge in [0.05, 0.1) is 9.40 Å². The van der Waals surface area contributed by atoms with Gasteiger partial charge in [0.1, 0.15) is 0 Å². The summed E-state index contributed by atoms with van der Waals surface area (Å²) in [6, 6.07) is 28.2. The van der Waals surface area contributed by atoms with Crippen LogP contribution in [0.4, 0.5) is 5.69 Å². The number of nitrogens with two attached hydrogens (primary N) is 1. The van der Waals surface area contributed by atoms with Crippen LogP contribution < -0.4 is 11.1 Å². The molecule has 0 aliphatic carbocycles. The van der Waals surface area contributed by atoms with E-state index in [1.54, 1.807) is 0 Å². The molecule has 238 valence electrons. The molecule has 7 rings (SSSR count). The summed E-state index contributed by atoms with van der Waals surface area (Å²) in [6.07, 6.45) is 15.5. The molecule has 0 fully saturated rings. The predicted octanol–water partition coefficient (Wildman–Crippen LogP) is 13.9. The van der Waals surface area contributed by atoms with Crippen molar-refractivity contribution in [2.75, 3.05) is 11.9 Å². The number of rotatable bonds is 15. The van der Waals surface area contributed by atoms with Crippen molar-refractivity contribution in [3.05, 3.63) is 78.4 Å². The van der Waals surface area contributed by atoms with E-state index in [4.69, 9.17) is 5.73 Å². The quantitative estimate of drug-likeness (QED) is 0.109. The van der Waals surface area contributed by atoms with E-state index in [1.165, 1.54) is 144 Å². The molecule has 0 spiro atoms. The fraction of sp³-hybridized carbons (Fsp3) is 0.381. The SMILES string of the molecule is CCCCCCCCNc1ccc2cc3c(cc2c1)sc1c3ccc2c3cc4ccc(C(N)CCCCCCC)cc4cc3sc21. The topological polar surface area (TPSA) is 38.0 Å². The summed E-state index contributed by atoms with van der Waals surface area (Å²) in [4.78, 5) is 0. The van der Waals surface area contributed by atoms with Crippen molar-refractivity contribution >= 4 is 90.3 Å². The Morgan fingerprint density at radius 2 is 1.11 bits per heavy atom. The zero-order valence-corrected chi connectivity index (χ0v) is 29.2. The average molecular weight is 645 g/mol. The summed E-state index contributed by atoms with van der Waals surface area (Å²) >= 11 is 3.90. The largest absolute Gasteiger partial charge is 0.385 e. The molecule has 1 unspecified atom stereocenters. The van der Waals surface area contributed by atoms with E-state index in [9.17, 15) is 0 Å². The Morgan fingerprint density at radius 3 is 1.76 bits per heavy atom. The van der Waals surface area contributed by atoms with Crippen molar-refractivity contribution in [3.63, 3.8) is 0 Å². The van der Waals surface area contributed by atoms with Crippen molar-refractivity contribution in [2.45, 2.75) is 96.9 Å². The molecule has 0 saturated carbocycles. The molecule has 1 atom stereocenters. The molecule has 5 aromatic carbocycles. The van der Waals surface area contributed by atoms with Crippen LogP contribution in [-0.2, 0) is 0 Å². The second-order valence-corrected chi connectivity index (χ2v) is 15.5. The maximum atomic E-state index is 6.67. The number of nitrogens with one attached hydrogen (secondary N) is 1. The van der Waals surface area contributed by atoms with Crippen LogP contribution in [0.25, 0.3) is 61.9 Å². The maximum Gasteiger partial charge on any atom is 0.0534 e. The molecule has 0 saturated heterocycles. The Balaban J connectivity index is 1.16. The first kappa shape index (κ1) is 31.4. The third kappa shape index (κ3) is 6.50. The van der Waals surface area contributed by atoms with Gasteiger partial charge in [-0.3, -0.25) is 0 Å². The van der Waals surface area contributed by atoms with Gasteiger partial charge in [-0.05, 0) is 82.4 Å². The molecule has 0 amide bonds. The fourth-order valence-corrected chi connectivity index (χ4v) is 9.79. The maximum absolute atomic E-state index is 6.67. The Kier molecular flexibility index (Phi) is 9.76. The highest BCUT2D eigenvalue weighted by molar-refractivity contribution is 7.33. The predicted molar refractivity (Wildman–Crippen MR) is 209 cm³/mol. The van der Waals surface area contributed by atoms with E-state index in [0.717, 1.165) is 13.0 Å². The Morgan fingerprint density at radius 1 is 0.543 bits per heavy atom. The van der Waals surface area contributed by atoms with Gasteiger partial charge in [-0.2, -0.15) is 0 Å². The second kappa shape index (κ2) is 14.3. The molecule has 2 aromatic heterocycles. The molecule has 0 bridgehead atoms. The van der Waals surface area contributed by atoms with Crippen LogP contribution in [-0.4, -0.2) is 6.54 Å². The van der Waals surface area contributed by atoms with E-state index in [0.29, 0.717) is 0 Å². The molecule has 2 heterocycles. The minimum Gasteiger partial charge on any atom is -0.385 e. The standard InChI is InChI=1S/C42H48N2S2/c1-3-5-7-9-11-13-21-44-33-18-17-29-25-37-35-20-19-34-36-24-28-15-16-30(38(43)14-12-10-8-6-4-2)22-31(28)26-39(36)45-41(34)42(35)46-40(37)27-32(29)23-33/h15-20,22-27,38,44H,3-14,21,43H2,1-2H3. The zero-order chi connectivity index (χ0) is 31.5. The smallest absolute Gasteiger partial charge is 0.0534 e. The number of fused-ring (bicyclic) bond motifs is 9. The summed E-state index contributed by atoms with van der Waals surface area (Å²) in [5, 5.41) is 14.4. The van der Waals surface area contributed by atoms with Gasteiger partial charge in [-0.15, -0.1) is 22.7 Å². The first-order valence-electron chi connectivity index (χ1n) is 17.8. The minimum atomic E-state index is 0.116. The van der Waals surface area contributed by atoms with Crippen molar-refractivity contribution in [1.29, 1.82) is 0 Å². The highest BCUT2D eigenvalue weighted by atomic mass is 32.1. The third-order valence-corrected chi connectivity index (χ3v) is 12.4. The van der Waals surface area contributed by atoms with Crippen molar-refractivity contribution in [1.82, 2.24) is 0 Å². The van der Waals surface area contributed by atoms with Crippen LogP contribution in [0.2, 0.25) is 0 Å². The second-order valence-electron chi connectivity index (χ2n) is 13.4. The van der Waals surface area contributed by atoms with E-state index >= 15 is 0 Å². The van der Waals surface area contributed by atoms with E-state index in [2.05, 4.69) is 92.0 Å². The van der Waals surface area contributed by atoms with Gasteiger partial charge in [0, 0.05) is 49.2 Å². The van der Waals surface area contributed by atoms with Crippen LogP contribution in [0.3, 0.4) is 0 Å². The number of unbranched alkanes of at least 4 members (excludes halogenated alkanes) is 9. The van der Waals surface area contributed by atoms with Gasteiger partial charge in [0.25, 0.3) is 0 Å². The van der Waals surface area contributed by atoms with Crippen LogP contribution in [0, 0.1) is 0 Å². The van der Waals surface area contributed by atoms with Gasteiger partial charge < -0.3 is 11.1 Å². The third-order valence-electron chi connectivity index (χ3n) is 9.92. The lowest BCUT2D eigenvalue weighted by Crippen LogP contribution is -2.09. The highest BCUT2D eigenvalue weighted by Gasteiger charge is 2.15. The highest BCUT2D eigenvalue weighted by Crippen LogP contribution is 2.46. The Bertz CT molecular complexity index is 2120. The zero-order valence-electron chi connectivity index (χ0n) is 27.6. The first-order valence-corrected chi connectivity index (χ1v) is 19.4. The lowest BCUT2D eigenvalue weighted by molar-refractivity contribution is 0.555. The summed E-state index contributed by atoms with van der Waals surface area (Å²) in [5.41, 5.74) is 9.16. The van der Waals surface area contributed by atoms with Gasteiger partial charge in [0.2, 0.25) is 0 Å². The van der Waals surface area contributed by atoms with Crippen molar-refractivity contribution < 1.29 is 0 Å². The summed E-state index contributed by atoms with van der Waals surface area (Å²) in [7, 11) is 0. The molecule has 3 N–H and O–H groups in total. The first-order chi connectivity index (χ1) is 22.6. The van der Waals surface area contributed by atoms with E-state index < -0.39 is 0 Å². The molecular weight excluding hydrogens is 597 g/mol. The van der Waals surface area contributed by atoms with Crippen LogP contribution in [0.15, 0.2) is 72.8 Å². The van der Waals surface area contributed by atoms with Crippen molar-refractivity contribution in [2.24, 2.45) is 5.73 Å². The summed E-state index contributed by atoms with van der Waals surface area (Å²) < 4.78 is 5.57. The molecule has 0 radical (unpaired) electrons. The number of hydrogen-bond acceptors (Lipinski definition) is 4. The van der Waals surface area contributed by atoms with Crippen LogP contribution in [0.5, 0.6) is 0 Å². The minimum absolute atomic E-state index is 0.116. The number of anilines is 1. The molecule has 46 heavy (non-hydrogen) atoms. The lowest BCUT2D eigenvalue weighted by Gasteiger charge is -2.13. The lowest BCUT2D eigenvalue weighted by atomic mass is 9.97. The number of hydrogen-bond donors (Lipinski definition) is 2. The van der Waals surface area contributed by atoms with Gasteiger partial charge >= 0.3 is 0 Å². The van der Waals surface area contributed by atoms with Crippen LogP contribution >= 0.6 is 22.7 Å². The Labute approximate surface area is 282 Å². The molecule has 7 aromatic rings. The van der Waals surface area contributed by atoms with Gasteiger partial charge in [-0.25, -0.2) is 0 Å². The normalized spacial score (nSPS) is 12.8. The van der Waals surface area contributed by atoms with Gasteiger partial charge in [-0.1, -0.05) is 108 Å². The summed E-state index contributed by atoms with van der Waals surface area (Å²) in [5.74, 6) is 0. The summed E-state index contributed by atoms with van der Waals surface area (Å²) in [6.45, 7) is 5.60. The van der Waals surface area contributed by atoms with E-state index in [1.807, 2.05) is 22.7 Å². The van der Waals surface area contributed by atoms with Gasteiger partial charge in [0.15, 0.2) is 0 Å². The average Bonchev–Trinajstić information content (AvgIpc) is 3.62. The molecule has 0 aliphatic rings.